The average molecular weight is 317 g/mol. The Morgan fingerprint density at radius 1 is 1.30 bits per heavy atom. The number of carbonyl (C=O) groups is 1. The zero-order valence-electron chi connectivity index (χ0n) is 11.0. The molecule has 2 unspecified atom stereocenters. The summed E-state index contributed by atoms with van der Waals surface area (Å²) in [7, 11) is 0. The van der Waals surface area contributed by atoms with E-state index in [2.05, 4.69) is 10.6 Å². The smallest absolute Gasteiger partial charge is 0.238 e. The van der Waals surface area contributed by atoms with Gasteiger partial charge >= 0.3 is 0 Å². The molecular formula is C14H18Cl2N2O2. The number of halogens is 2. The van der Waals surface area contributed by atoms with Crippen molar-refractivity contribution in [1.29, 1.82) is 0 Å². The number of benzene rings is 1. The van der Waals surface area contributed by atoms with Crippen molar-refractivity contribution in [2.75, 3.05) is 18.5 Å². The molecule has 20 heavy (non-hydrogen) atoms. The second-order valence-corrected chi connectivity index (χ2v) is 5.82. The van der Waals surface area contributed by atoms with Crippen molar-refractivity contribution in [3.05, 3.63) is 28.2 Å². The number of carbonyl (C=O) groups excluding carboxylic acids is 1. The van der Waals surface area contributed by atoms with Crippen LogP contribution in [0.1, 0.15) is 19.3 Å². The van der Waals surface area contributed by atoms with Gasteiger partial charge in [-0.15, -0.1) is 0 Å². The molecule has 0 radical (unpaired) electrons. The Morgan fingerprint density at radius 3 is 2.65 bits per heavy atom. The highest BCUT2D eigenvalue weighted by atomic mass is 35.5. The predicted octanol–water partition coefficient (Wildman–Crippen LogP) is 2.68. The maximum Gasteiger partial charge on any atom is 0.238 e. The van der Waals surface area contributed by atoms with Gasteiger partial charge in [0.05, 0.1) is 22.3 Å². The number of anilines is 1. The van der Waals surface area contributed by atoms with Crippen LogP contribution in [0.25, 0.3) is 0 Å². The molecule has 0 aliphatic heterocycles. The number of nitrogens with one attached hydrogen (secondary N) is 2. The minimum Gasteiger partial charge on any atom is -0.396 e. The first kappa shape index (κ1) is 15.6. The summed E-state index contributed by atoms with van der Waals surface area (Å²) in [6.45, 7) is 0.346. The fourth-order valence-corrected chi connectivity index (χ4v) is 3.04. The summed E-state index contributed by atoms with van der Waals surface area (Å²) in [4.78, 5) is 11.9. The van der Waals surface area contributed by atoms with E-state index in [1.165, 1.54) is 0 Å². The van der Waals surface area contributed by atoms with Crippen molar-refractivity contribution in [3.63, 3.8) is 0 Å². The Kier molecular flexibility index (Phi) is 5.66. The number of hydrogen-bond donors (Lipinski definition) is 3. The van der Waals surface area contributed by atoms with Gasteiger partial charge in [-0.2, -0.15) is 0 Å². The maximum absolute atomic E-state index is 11.9. The van der Waals surface area contributed by atoms with E-state index in [4.69, 9.17) is 23.2 Å². The second-order valence-electron chi connectivity index (χ2n) is 5.01. The predicted molar refractivity (Wildman–Crippen MR) is 81.3 cm³/mol. The van der Waals surface area contributed by atoms with Gasteiger partial charge in [0.25, 0.3) is 0 Å². The van der Waals surface area contributed by atoms with E-state index in [-0.39, 0.29) is 31.0 Å². The van der Waals surface area contributed by atoms with Gasteiger partial charge in [0, 0.05) is 12.6 Å². The summed E-state index contributed by atoms with van der Waals surface area (Å²) in [6, 6.07) is 5.28. The van der Waals surface area contributed by atoms with Gasteiger partial charge in [-0.05, 0) is 30.9 Å². The highest BCUT2D eigenvalue weighted by molar-refractivity contribution is 6.39. The highest BCUT2D eigenvalue weighted by Gasteiger charge is 2.26. The Balaban J connectivity index is 1.87. The first-order valence-corrected chi connectivity index (χ1v) is 7.45. The van der Waals surface area contributed by atoms with E-state index in [1.54, 1.807) is 18.2 Å². The standard InChI is InChI=1S/C14H18Cl2N2O2/c15-10-4-2-5-11(16)14(10)18-13(20)7-17-12-6-1-3-9(12)8-19/h2,4-5,9,12,17,19H,1,3,6-8H2,(H,18,20). The zero-order valence-corrected chi connectivity index (χ0v) is 12.5. The number of aliphatic hydroxyl groups is 1. The van der Waals surface area contributed by atoms with Gasteiger partial charge in [-0.1, -0.05) is 35.7 Å². The molecule has 1 aliphatic rings. The quantitative estimate of drug-likeness (QED) is 0.782. The average Bonchev–Trinajstić information content (AvgIpc) is 2.88. The van der Waals surface area contributed by atoms with E-state index in [0.717, 1.165) is 19.3 Å². The molecule has 110 valence electrons. The third kappa shape index (κ3) is 3.85. The molecule has 4 nitrogen and oxygen atoms in total. The van der Waals surface area contributed by atoms with Crippen LogP contribution in [0, 0.1) is 5.92 Å². The minimum absolute atomic E-state index is 0.162. The molecule has 1 fully saturated rings. The summed E-state index contributed by atoms with van der Waals surface area (Å²) in [5.74, 6) is 0.0512. The first-order chi connectivity index (χ1) is 9.61. The molecule has 0 spiro atoms. The van der Waals surface area contributed by atoms with Gasteiger partial charge in [0.2, 0.25) is 5.91 Å². The third-order valence-electron chi connectivity index (χ3n) is 3.65. The molecule has 1 amide bonds. The first-order valence-electron chi connectivity index (χ1n) is 6.70. The normalized spacial score (nSPS) is 21.9. The van der Waals surface area contributed by atoms with Crippen molar-refractivity contribution in [1.82, 2.24) is 5.32 Å². The van der Waals surface area contributed by atoms with E-state index < -0.39 is 0 Å². The van der Waals surface area contributed by atoms with Gasteiger partial charge in [0.15, 0.2) is 0 Å². The molecule has 0 saturated heterocycles. The number of aliphatic hydroxyl groups excluding tert-OH is 1. The van der Waals surface area contributed by atoms with E-state index in [1.807, 2.05) is 0 Å². The Bertz CT molecular complexity index is 462. The molecular weight excluding hydrogens is 299 g/mol. The molecule has 0 bridgehead atoms. The molecule has 1 aliphatic carbocycles. The van der Waals surface area contributed by atoms with Crippen LogP contribution in [-0.4, -0.2) is 30.2 Å². The van der Waals surface area contributed by atoms with Gasteiger partial charge in [-0.25, -0.2) is 0 Å². The van der Waals surface area contributed by atoms with Crippen molar-refractivity contribution >= 4 is 34.8 Å². The number of hydrogen-bond acceptors (Lipinski definition) is 3. The molecule has 2 atom stereocenters. The van der Waals surface area contributed by atoms with Crippen LogP contribution in [0.3, 0.4) is 0 Å². The molecule has 6 heteroatoms. The molecule has 3 N–H and O–H groups in total. The van der Waals surface area contributed by atoms with Crippen LogP contribution in [-0.2, 0) is 4.79 Å². The van der Waals surface area contributed by atoms with Crippen LogP contribution in [0.4, 0.5) is 5.69 Å². The van der Waals surface area contributed by atoms with Gasteiger partial charge in [-0.3, -0.25) is 4.79 Å². The summed E-state index contributed by atoms with van der Waals surface area (Å²) in [5, 5.41) is 16.0. The maximum atomic E-state index is 11.9. The Hall–Kier alpha value is -0.810. The van der Waals surface area contributed by atoms with Crippen LogP contribution < -0.4 is 10.6 Å². The van der Waals surface area contributed by atoms with E-state index in [9.17, 15) is 9.90 Å². The number of amides is 1. The summed E-state index contributed by atoms with van der Waals surface area (Å²) < 4.78 is 0. The lowest BCUT2D eigenvalue weighted by atomic mass is 10.1. The number of rotatable bonds is 5. The molecule has 1 saturated carbocycles. The number of para-hydroxylation sites is 1. The lowest BCUT2D eigenvalue weighted by Crippen LogP contribution is -2.39. The van der Waals surface area contributed by atoms with Crippen LogP contribution >= 0.6 is 23.2 Å². The lowest BCUT2D eigenvalue weighted by molar-refractivity contribution is -0.115. The van der Waals surface area contributed by atoms with Gasteiger partial charge in [0.1, 0.15) is 0 Å². The van der Waals surface area contributed by atoms with Crippen LogP contribution in [0.5, 0.6) is 0 Å². The fourth-order valence-electron chi connectivity index (χ4n) is 2.55. The molecule has 0 aromatic heterocycles. The largest absolute Gasteiger partial charge is 0.396 e. The van der Waals surface area contributed by atoms with Crippen LogP contribution in [0.2, 0.25) is 10.0 Å². The van der Waals surface area contributed by atoms with Gasteiger partial charge < -0.3 is 15.7 Å². The minimum atomic E-state index is -0.191. The summed E-state index contributed by atoms with van der Waals surface area (Å²) in [5.41, 5.74) is 0.438. The Morgan fingerprint density at radius 2 is 2.00 bits per heavy atom. The molecule has 1 aromatic rings. The lowest BCUT2D eigenvalue weighted by Gasteiger charge is -2.19. The van der Waals surface area contributed by atoms with Crippen molar-refractivity contribution in [2.24, 2.45) is 5.92 Å². The van der Waals surface area contributed by atoms with Crippen molar-refractivity contribution in [2.45, 2.75) is 25.3 Å². The summed E-state index contributed by atoms with van der Waals surface area (Å²) in [6.07, 6.45) is 3.08. The SMILES string of the molecule is O=C(CNC1CCCC1CO)Nc1c(Cl)cccc1Cl. The summed E-state index contributed by atoms with van der Waals surface area (Å²) >= 11 is 12.0. The molecule has 1 aromatic carbocycles. The molecule has 2 rings (SSSR count). The Labute approximate surface area is 128 Å². The van der Waals surface area contributed by atoms with Crippen molar-refractivity contribution < 1.29 is 9.90 Å². The molecule has 0 heterocycles. The van der Waals surface area contributed by atoms with Crippen molar-refractivity contribution in [3.8, 4) is 0 Å². The monoisotopic (exact) mass is 316 g/mol. The van der Waals surface area contributed by atoms with E-state index in [0.29, 0.717) is 15.7 Å². The third-order valence-corrected chi connectivity index (χ3v) is 4.28. The van der Waals surface area contributed by atoms with E-state index >= 15 is 0 Å². The highest BCUT2D eigenvalue weighted by Crippen LogP contribution is 2.29. The van der Waals surface area contributed by atoms with Crippen LogP contribution in [0.15, 0.2) is 18.2 Å². The topological polar surface area (TPSA) is 61.4 Å². The fraction of sp³-hybridized carbons (Fsp3) is 0.500. The zero-order chi connectivity index (χ0) is 14.5. The second kappa shape index (κ2) is 7.27.